The molecule has 10 N–H and O–H groups in total. The Balaban J connectivity index is 0.000000174. The van der Waals surface area contributed by atoms with E-state index < -0.39 is 71.9 Å². The van der Waals surface area contributed by atoms with Crippen LogP contribution in [0.3, 0.4) is 0 Å². The number of aliphatic hydroxyl groups excluding tert-OH is 4. The fourth-order valence-electron chi connectivity index (χ4n) is 8.56. The summed E-state index contributed by atoms with van der Waals surface area (Å²) in [6.45, 7) is -0.699. The van der Waals surface area contributed by atoms with E-state index in [4.69, 9.17) is 37.9 Å². The van der Waals surface area contributed by atoms with Gasteiger partial charge in [-0.1, -0.05) is 24.3 Å². The number of carbonyl (C=O) groups excluding carboxylic acids is 2. The SMILES string of the molecule is COc1cc([C@@H]2Oc3cc([C@H]4Oc5cc(O)cc(O)c5C(=O)[C@@H]4O)ccc3O[C@H]2CO)ccc1O.COc1cc([C@H]2Oc3cc([C@H]4Oc5cc(O)cc(O)c5C(=O)[C@@H]4O)ccc3O[C@@H]2CO)ccc1O. The molecule has 6 aromatic rings. The Bertz CT molecular complexity index is 2810. The van der Waals surface area contributed by atoms with E-state index in [0.29, 0.717) is 33.8 Å². The van der Waals surface area contributed by atoms with Crippen molar-refractivity contribution in [3.05, 3.63) is 130 Å². The number of methoxy groups -OCH3 is 2. The first-order valence-electron chi connectivity index (χ1n) is 21.4. The molecular weight excluding hydrogens is 921 g/mol. The molecule has 4 heterocycles. The summed E-state index contributed by atoms with van der Waals surface area (Å²) in [7, 11) is 2.83. The van der Waals surface area contributed by atoms with Crippen LogP contribution in [0.1, 0.15) is 67.4 Å². The maximum Gasteiger partial charge on any atom is 0.202 e. The molecule has 6 aromatic carbocycles. The normalized spacial score (nSPS) is 22.8. The summed E-state index contributed by atoms with van der Waals surface area (Å²) >= 11 is 0. The third-order valence-corrected chi connectivity index (χ3v) is 12.0. The summed E-state index contributed by atoms with van der Waals surface area (Å²) in [5, 5.41) is 100. The molecule has 4 aliphatic rings. The summed E-state index contributed by atoms with van der Waals surface area (Å²) < 4.78 is 46.0. The number of aliphatic hydroxyl groups is 4. The maximum absolute atomic E-state index is 12.7. The Labute approximate surface area is 396 Å². The number of benzene rings is 6. The zero-order valence-electron chi connectivity index (χ0n) is 36.8. The largest absolute Gasteiger partial charge is 0.508 e. The molecule has 20 nitrogen and oxygen atoms in total. The molecule has 364 valence electrons. The second-order valence-corrected chi connectivity index (χ2v) is 16.4. The van der Waals surface area contributed by atoms with Crippen LogP contribution in [0.4, 0.5) is 0 Å². The highest BCUT2D eigenvalue weighted by molar-refractivity contribution is 6.06. The van der Waals surface area contributed by atoms with Crippen molar-refractivity contribution in [3.8, 4) is 80.5 Å². The number of phenolic OH excluding ortho intramolecular Hbond substituents is 6. The molecular formula is C50H44O20. The minimum absolute atomic E-state index is 0.0540. The van der Waals surface area contributed by atoms with Gasteiger partial charge in [-0.25, -0.2) is 0 Å². The van der Waals surface area contributed by atoms with Crippen molar-refractivity contribution in [1.82, 2.24) is 0 Å². The number of aromatic hydroxyl groups is 6. The van der Waals surface area contributed by atoms with Crippen LogP contribution in [0.25, 0.3) is 0 Å². The molecule has 20 heteroatoms. The van der Waals surface area contributed by atoms with Crippen LogP contribution in [-0.4, -0.2) is 114 Å². The van der Waals surface area contributed by atoms with Crippen LogP contribution < -0.4 is 37.9 Å². The molecule has 0 saturated carbocycles. The zero-order chi connectivity index (χ0) is 49.7. The molecule has 0 amide bonds. The van der Waals surface area contributed by atoms with Crippen LogP contribution in [0, 0.1) is 0 Å². The molecule has 10 rings (SSSR count). The van der Waals surface area contributed by atoms with Crippen LogP contribution in [0.5, 0.6) is 80.5 Å². The Morgan fingerprint density at radius 3 is 1.14 bits per heavy atom. The molecule has 0 unspecified atom stereocenters. The predicted molar refractivity (Wildman–Crippen MR) is 239 cm³/mol. The number of hydrogen-bond acceptors (Lipinski definition) is 20. The van der Waals surface area contributed by atoms with Crippen molar-refractivity contribution >= 4 is 11.6 Å². The van der Waals surface area contributed by atoms with Crippen LogP contribution in [-0.2, 0) is 0 Å². The van der Waals surface area contributed by atoms with Gasteiger partial charge < -0.3 is 89.0 Å². The monoisotopic (exact) mass is 964 g/mol. The van der Waals surface area contributed by atoms with Gasteiger partial charge in [0.25, 0.3) is 0 Å². The number of fused-ring (bicyclic) bond motifs is 4. The van der Waals surface area contributed by atoms with Gasteiger partial charge in [0.15, 0.2) is 94.8 Å². The highest BCUT2D eigenvalue weighted by Crippen LogP contribution is 2.48. The number of ketones is 2. The van der Waals surface area contributed by atoms with Crippen molar-refractivity contribution in [2.24, 2.45) is 0 Å². The highest BCUT2D eigenvalue weighted by atomic mass is 16.6. The van der Waals surface area contributed by atoms with Crippen molar-refractivity contribution < 1.29 is 98.5 Å². The molecule has 0 radical (unpaired) electrons. The van der Waals surface area contributed by atoms with E-state index in [1.54, 1.807) is 60.7 Å². The second kappa shape index (κ2) is 18.7. The van der Waals surface area contributed by atoms with E-state index in [2.05, 4.69) is 0 Å². The van der Waals surface area contributed by atoms with Crippen LogP contribution >= 0.6 is 0 Å². The van der Waals surface area contributed by atoms with E-state index in [-0.39, 0.29) is 81.8 Å². The highest BCUT2D eigenvalue weighted by Gasteiger charge is 2.43. The topological polar surface area (TPSA) is 310 Å². The minimum atomic E-state index is -1.62. The van der Waals surface area contributed by atoms with Crippen molar-refractivity contribution in [3.63, 3.8) is 0 Å². The van der Waals surface area contributed by atoms with E-state index in [9.17, 15) is 60.7 Å². The van der Waals surface area contributed by atoms with Gasteiger partial charge in [0.1, 0.15) is 45.6 Å². The Morgan fingerprint density at radius 2 is 0.771 bits per heavy atom. The average Bonchev–Trinajstić information content (AvgIpc) is 3.35. The number of hydrogen-bond donors (Lipinski definition) is 10. The van der Waals surface area contributed by atoms with Gasteiger partial charge >= 0.3 is 0 Å². The Kier molecular flexibility index (Phi) is 12.5. The van der Waals surface area contributed by atoms with E-state index in [1.807, 2.05) is 0 Å². The Hall–Kier alpha value is -8.30. The first kappa shape index (κ1) is 46.8. The van der Waals surface area contributed by atoms with E-state index >= 15 is 0 Å². The van der Waals surface area contributed by atoms with Crippen molar-refractivity contribution in [2.45, 2.75) is 48.8 Å². The van der Waals surface area contributed by atoms with Gasteiger partial charge in [-0.15, -0.1) is 0 Å². The smallest absolute Gasteiger partial charge is 0.202 e. The summed E-state index contributed by atoms with van der Waals surface area (Å²) in [5.41, 5.74) is 1.50. The molecule has 8 atom stereocenters. The number of phenols is 6. The number of rotatable bonds is 8. The predicted octanol–water partition coefficient (Wildman–Crippen LogP) is 4.73. The third-order valence-electron chi connectivity index (χ3n) is 12.0. The summed E-state index contributed by atoms with van der Waals surface area (Å²) in [6.07, 6.45) is -8.56. The molecule has 0 aromatic heterocycles. The van der Waals surface area contributed by atoms with Gasteiger partial charge in [-0.05, 0) is 59.7 Å². The van der Waals surface area contributed by atoms with E-state index in [1.165, 1.54) is 38.5 Å². The van der Waals surface area contributed by atoms with Crippen LogP contribution in [0.15, 0.2) is 97.1 Å². The minimum Gasteiger partial charge on any atom is -0.508 e. The molecule has 4 aliphatic heterocycles. The lowest BCUT2D eigenvalue weighted by Crippen LogP contribution is -2.37. The van der Waals surface area contributed by atoms with Crippen molar-refractivity contribution in [1.29, 1.82) is 0 Å². The lowest BCUT2D eigenvalue weighted by molar-refractivity contribution is -0.0130. The maximum atomic E-state index is 12.7. The lowest BCUT2D eigenvalue weighted by Gasteiger charge is -2.35. The number of ether oxygens (including phenoxy) is 8. The third kappa shape index (κ3) is 8.49. The van der Waals surface area contributed by atoms with Crippen molar-refractivity contribution in [2.75, 3.05) is 27.4 Å². The number of carbonyl (C=O) groups is 2. The molecule has 70 heavy (non-hydrogen) atoms. The quantitative estimate of drug-likeness (QED) is 0.0986. The fourth-order valence-corrected chi connectivity index (χ4v) is 8.56. The number of Topliss-reactive ketones (excluding diaryl/α,β-unsaturated/α-hetero) is 2. The Morgan fingerprint density at radius 1 is 0.414 bits per heavy atom. The molecule has 0 bridgehead atoms. The van der Waals surface area contributed by atoms with Gasteiger partial charge in [-0.2, -0.15) is 0 Å². The first-order valence-corrected chi connectivity index (χ1v) is 21.4. The van der Waals surface area contributed by atoms with Gasteiger partial charge in [0, 0.05) is 35.4 Å². The lowest BCUT2D eigenvalue weighted by atomic mass is 9.92. The fraction of sp³-hybridized carbons (Fsp3) is 0.240. The van der Waals surface area contributed by atoms with Gasteiger partial charge in [0.2, 0.25) is 11.6 Å². The molecule has 0 spiro atoms. The summed E-state index contributed by atoms with van der Waals surface area (Å²) in [5.74, 6) is -1.65. The first-order chi connectivity index (χ1) is 33.6. The van der Waals surface area contributed by atoms with Gasteiger partial charge in [0.05, 0.1) is 27.4 Å². The average molecular weight is 965 g/mol. The molecule has 0 aliphatic carbocycles. The van der Waals surface area contributed by atoms with Gasteiger partial charge in [-0.3, -0.25) is 9.59 Å². The standard InChI is InChI=1S/2C25H22O10/c2*1-32-17-6-11(2-4-14(17)28)24-20(10-26)33-16-5-3-12(7-18(16)34-24)25-23(31)22(30)21-15(29)8-13(27)9-19(21)35-25/h2*2-9,20,23-29,31H,10H2,1H3/t20-,23+,24-,25-;20-,23-,24-,25+/m10/s1. The zero-order valence-corrected chi connectivity index (χ0v) is 36.8. The van der Waals surface area contributed by atoms with E-state index in [0.717, 1.165) is 12.1 Å². The molecule has 0 fully saturated rings. The summed E-state index contributed by atoms with van der Waals surface area (Å²) in [6, 6.07) is 23.0. The summed E-state index contributed by atoms with van der Waals surface area (Å²) in [4.78, 5) is 25.5. The van der Waals surface area contributed by atoms with Crippen LogP contribution in [0.2, 0.25) is 0 Å². The molecule has 0 saturated heterocycles. The second-order valence-electron chi connectivity index (χ2n) is 16.4.